The van der Waals surface area contributed by atoms with E-state index in [0.717, 1.165) is 4.90 Å². The monoisotopic (exact) mass is 537 g/mol. The van der Waals surface area contributed by atoms with Crippen molar-refractivity contribution in [1.29, 1.82) is 0 Å². The normalized spacial score (nSPS) is 26.4. The van der Waals surface area contributed by atoms with Gasteiger partial charge in [0.05, 0.1) is 13.4 Å². The van der Waals surface area contributed by atoms with Crippen molar-refractivity contribution in [2.24, 2.45) is 4.99 Å². The molecule has 0 aliphatic carbocycles. The van der Waals surface area contributed by atoms with Crippen molar-refractivity contribution in [3.63, 3.8) is 0 Å². The molecule has 3 unspecified atom stereocenters. The fourth-order valence-corrected chi connectivity index (χ4v) is 4.82. The number of rotatable bonds is 6. The Morgan fingerprint density at radius 2 is 1.74 bits per heavy atom. The number of alkyl halides is 1. The molecule has 1 fully saturated rings. The lowest BCUT2D eigenvalue weighted by Gasteiger charge is -2.39. The summed E-state index contributed by atoms with van der Waals surface area (Å²) in [4.78, 5) is 42.8. The van der Waals surface area contributed by atoms with Crippen molar-refractivity contribution in [2.75, 3.05) is 12.0 Å². The molecule has 0 bridgehead atoms. The van der Waals surface area contributed by atoms with Crippen LogP contribution in [0.5, 0.6) is 0 Å². The van der Waals surface area contributed by atoms with Crippen molar-refractivity contribution in [2.45, 2.75) is 29.7 Å². The molecule has 0 spiro atoms. The maximum absolute atomic E-state index is 14.1. The number of imidazole rings is 1. The fourth-order valence-electron chi connectivity index (χ4n) is 4.46. The zero-order chi connectivity index (χ0) is 27.0. The van der Waals surface area contributed by atoms with Gasteiger partial charge in [-0.05, 0) is 12.1 Å². The van der Waals surface area contributed by atoms with Crippen LogP contribution in [0.4, 0.5) is 5.82 Å². The van der Waals surface area contributed by atoms with Gasteiger partial charge in [-0.2, -0.15) is 0 Å². The number of amidine groups is 1. The van der Waals surface area contributed by atoms with E-state index in [9.17, 15) is 19.8 Å². The third-order valence-electron chi connectivity index (χ3n) is 6.29. The lowest BCUT2D eigenvalue weighted by molar-refractivity contribution is -0.0259. The number of fused-ring (bicyclic) bond motifs is 1. The molecule has 3 N–H and O–H groups in total. The molecule has 2 aromatic carbocycles. The summed E-state index contributed by atoms with van der Waals surface area (Å²) in [7, 11) is 1.34. The number of amides is 1. The summed E-state index contributed by atoms with van der Waals surface area (Å²) in [5, 5.41) is 18.9. The zero-order valence-electron chi connectivity index (χ0n) is 20.1. The number of halogens is 1. The van der Waals surface area contributed by atoms with E-state index in [1.54, 1.807) is 60.7 Å². The summed E-state index contributed by atoms with van der Waals surface area (Å²) in [6, 6.07) is 16.4. The number of benzene rings is 2. The van der Waals surface area contributed by atoms with Gasteiger partial charge < -0.3 is 14.9 Å². The second-order valence-electron chi connectivity index (χ2n) is 8.59. The van der Waals surface area contributed by atoms with E-state index in [4.69, 9.17) is 21.2 Å². The van der Waals surface area contributed by atoms with Crippen LogP contribution in [-0.4, -0.2) is 67.8 Å². The number of hydrogen-bond donors (Lipinski definition) is 3. The van der Waals surface area contributed by atoms with Crippen LogP contribution in [0.3, 0.4) is 0 Å². The number of nitrogens with zero attached hydrogens (tertiary/aromatic N) is 4. The summed E-state index contributed by atoms with van der Waals surface area (Å²) in [5.74, 6) is -1.41. The highest BCUT2D eigenvalue weighted by Gasteiger charge is 2.54. The van der Waals surface area contributed by atoms with Crippen LogP contribution in [0.2, 0.25) is 0 Å². The molecule has 2 aliphatic heterocycles. The predicted octanol–water partition coefficient (Wildman–Crippen LogP) is 2.02. The van der Waals surface area contributed by atoms with Gasteiger partial charge in [-0.1, -0.05) is 66.2 Å². The Kier molecular flexibility index (Phi) is 6.86. The largest absolute Gasteiger partial charge is 0.387 e. The quantitative estimate of drug-likeness (QED) is 0.143. The number of Topliss-reactive ketones (excluding diaryl/α,β-unsaturated/α-hetero) is 1. The van der Waals surface area contributed by atoms with Gasteiger partial charge in [0.25, 0.3) is 11.0 Å². The number of hydroxylamine groups is 1. The number of ether oxygens (including phenoxy) is 1. The maximum Gasteiger partial charge on any atom is 0.283 e. The minimum absolute atomic E-state index is 0.00588. The van der Waals surface area contributed by atoms with E-state index >= 15 is 0 Å². The van der Waals surface area contributed by atoms with Gasteiger partial charge in [0.1, 0.15) is 18.3 Å². The van der Waals surface area contributed by atoms with E-state index < -0.39 is 41.4 Å². The van der Waals surface area contributed by atoms with Gasteiger partial charge in [-0.15, -0.1) is 6.58 Å². The van der Waals surface area contributed by atoms with Gasteiger partial charge in [0, 0.05) is 11.1 Å². The highest BCUT2D eigenvalue weighted by atomic mass is 35.5. The summed E-state index contributed by atoms with van der Waals surface area (Å²) in [5.41, 5.74) is 3.09. The molecule has 1 saturated heterocycles. The first-order valence-electron chi connectivity index (χ1n) is 11.6. The summed E-state index contributed by atoms with van der Waals surface area (Å²) in [6.45, 7) is 3.63. The molecular formula is C26H24ClN5O6. The van der Waals surface area contributed by atoms with Crippen LogP contribution >= 0.6 is 11.6 Å². The Hall–Kier alpha value is -3.87. The van der Waals surface area contributed by atoms with Crippen LogP contribution in [0.1, 0.15) is 32.6 Å². The average Bonchev–Trinajstić information content (AvgIpc) is 3.49. The van der Waals surface area contributed by atoms with Crippen LogP contribution in [0.25, 0.3) is 0 Å². The van der Waals surface area contributed by atoms with E-state index in [1.807, 2.05) is 0 Å². The van der Waals surface area contributed by atoms with Crippen LogP contribution in [-0.2, 0) is 9.57 Å². The molecule has 0 saturated carbocycles. The van der Waals surface area contributed by atoms with Gasteiger partial charge >= 0.3 is 0 Å². The Morgan fingerprint density at radius 3 is 2.32 bits per heavy atom. The number of carbonyl (C=O) groups excluding carboxylic acids is 2. The Balaban J connectivity index is 1.74. The standard InChI is InChI=1S/C26H24ClN5O6/c1-3-17-19(33)20(34)25(38-17)31-14-28-18-22(30-37-2)29-26(27,21(35)15-10-6-4-7-11-15)32(23(18)31)24(36)16-12-8-5-9-13-16/h3-14,17,19-20,25,33-34H,1H2,2H3,(H,29,30)/t17-,19?,20?,25-,26?/m1/s1. The number of nitrogens with one attached hydrogen (secondary N) is 1. The Morgan fingerprint density at radius 1 is 1.11 bits per heavy atom. The third-order valence-corrected chi connectivity index (χ3v) is 6.71. The number of anilines is 1. The summed E-state index contributed by atoms with van der Waals surface area (Å²) >= 11 is 7.05. The molecule has 5 atom stereocenters. The predicted molar refractivity (Wildman–Crippen MR) is 138 cm³/mol. The molecule has 3 heterocycles. The molecule has 5 rings (SSSR count). The van der Waals surface area contributed by atoms with Gasteiger partial charge in [0.2, 0.25) is 5.78 Å². The first kappa shape index (κ1) is 25.8. The lowest BCUT2D eigenvalue weighted by atomic mass is 10.0. The first-order valence-corrected chi connectivity index (χ1v) is 12.0. The maximum atomic E-state index is 14.1. The van der Waals surface area contributed by atoms with E-state index in [2.05, 4.69) is 22.0 Å². The van der Waals surface area contributed by atoms with Gasteiger partial charge in [-0.25, -0.2) is 20.4 Å². The highest BCUT2D eigenvalue weighted by Crippen LogP contribution is 2.43. The lowest BCUT2D eigenvalue weighted by Crippen LogP contribution is -2.57. The van der Waals surface area contributed by atoms with E-state index in [0.29, 0.717) is 0 Å². The number of carbonyl (C=O) groups is 2. The number of aliphatic hydroxyl groups is 2. The fraction of sp³-hybridized carbons (Fsp3) is 0.231. The highest BCUT2D eigenvalue weighted by molar-refractivity contribution is 6.43. The zero-order valence-corrected chi connectivity index (χ0v) is 20.9. The molecule has 196 valence electrons. The molecule has 0 radical (unpaired) electrons. The second kappa shape index (κ2) is 10.1. The number of aromatic nitrogens is 2. The van der Waals surface area contributed by atoms with Crippen molar-refractivity contribution in [1.82, 2.24) is 15.0 Å². The van der Waals surface area contributed by atoms with Gasteiger partial charge in [0.15, 0.2) is 23.6 Å². The summed E-state index contributed by atoms with van der Waals surface area (Å²) in [6.07, 6.45) is -2.16. The van der Waals surface area contributed by atoms with Crippen LogP contribution < -0.4 is 10.4 Å². The number of aliphatic hydroxyl groups excluding tert-OH is 2. The van der Waals surface area contributed by atoms with Crippen molar-refractivity contribution < 1.29 is 29.4 Å². The second-order valence-corrected chi connectivity index (χ2v) is 9.11. The summed E-state index contributed by atoms with van der Waals surface area (Å²) < 4.78 is 7.16. The van der Waals surface area contributed by atoms with E-state index in [1.165, 1.54) is 24.1 Å². The SMILES string of the molecule is C=C[C@H]1O[C@@H](n2cnc3c2N(C(=O)c2ccccc2)C(Cl)(C(=O)c2ccccc2)N=C3NOC)C(O)C1O. The van der Waals surface area contributed by atoms with Gasteiger partial charge in [-0.3, -0.25) is 19.0 Å². The molecular weight excluding hydrogens is 514 g/mol. The number of aliphatic imine (C=N–C) groups is 1. The smallest absolute Gasteiger partial charge is 0.283 e. The molecule has 3 aromatic rings. The Labute approximate surface area is 222 Å². The number of ketones is 1. The molecule has 1 aromatic heterocycles. The van der Waals surface area contributed by atoms with Crippen molar-refractivity contribution in [3.05, 3.63) is 96.5 Å². The van der Waals surface area contributed by atoms with Crippen molar-refractivity contribution in [3.8, 4) is 0 Å². The minimum Gasteiger partial charge on any atom is -0.387 e. The third kappa shape index (κ3) is 4.10. The van der Waals surface area contributed by atoms with Crippen LogP contribution in [0, 0.1) is 0 Å². The topological polar surface area (TPSA) is 139 Å². The molecule has 2 aliphatic rings. The Bertz CT molecular complexity index is 1400. The molecule has 12 heteroatoms. The molecule has 11 nitrogen and oxygen atoms in total. The van der Waals surface area contributed by atoms with Crippen LogP contribution in [0.15, 0.2) is 84.6 Å². The number of hydrogen-bond acceptors (Lipinski definition) is 9. The molecule has 38 heavy (non-hydrogen) atoms. The van der Waals surface area contributed by atoms with E-state index in [-0.39, 0.29) is 28.5 Å². The first-order chi connectivity index (χ1) is 18.3. The minimum atomic E-state index is -2.33. The molecule has 1 amide bonds. The van der Waals surface area contributed by atoms with Crippen molar-refractivity contribution >= 4 is 34.9 Å². The average molecular weight is 538 g/mol.